The third-order valence-electron chi connectivity index (χ3n) is 2.42. The normalized spacial score (nSPS) is 10.7. The fourth-order valence-electron chi connectivity index (χ4n) is 1.51. The van der Waals surface area contributed by atoms with E-state index in [1.54, 1.807) is 18.6 Å². The van der Waals surface area contributed by atoms with Crippen molar-refractivity contribution in [3.05, 3.63) is 46.8 Å². The van der Waals surface area contributed by atoms with Crippen LogP contribution in [0.25, 0.3) is 0 Å². The summed E-state index contributed by atoms with van der Waals surface area (Å²) < 4.78 is 6.55. The van der Waals surface area contributed by atoms with Gasteiger partial charge in [-0.05, 0) is 33.6 Å². The number of nitrogens with one attached hydrogen (secondary N) is 1. The molecule has 0 fully saturated rings. The van der Waals surface area contributed by atoms with Gasteiger partial charge in [0.25, 0.3) is 0 Å². The molecule has 2 heterocycles. The first-order valence-electron chi connectivity index (χ1n) is 6.10. The Kier molecular flexibility index (Phi) is 4.87. The minimum absolute atomic E-state index is 0.451. The van der Waals surface area contributed by atoms with E-state index < -0.39 is 0 Å². The van der Waals surface area contributed by atoms with Crippen molar-refractivity contribution in [1.29, 1.82) is 0 Å². The Labute approximate surface area is 121 Å². The molecule has 0 aliphatic heterocycles. The van der Waals surface area contributed by atoms with E-state index in [1.165, 1.54) is 0 Å². The highest BCUT2D eigenvalue weighted by atomic mass is 79.9. The summed E-state index contributed by atoms with van der Waals surface area (Å²) in [4.78, 5) is 8.25. The molecule has 0 saturated carbocycles. The third-order valence-corrected chi connectivity index (χ3v) is 2.85. The lowest BCUT2D eigenvalue weighted by Gasteiger charge is -2.09. The molecule has 0 saturated heterocycles. The van der Waals surface area contributed by atoms with Crippen LogP contribution in [0, 0.1) is 0 Å². The Bertz CT molecular complexity index is 546. The number of hydrogen-bond acceptors (Lipinski definition) is 4. The van der Waals surface area contributed by atoms with E-state index in [0.29, 0.717) is 17.7 Å². The zero-order chi connectivity index (χ0) is 13.7. The second kappa shape index (κ2) is 6.63. The highest BCUT2D eigenvalue weighted by Gasteiger charge is 2.02. The van der Waals surface area contributed by atoms with Crippen molar-refractivity contribution < 1.29 is 4.74 Å². The number of halogens is 1. The number of nitrogens with zero attached hydrogens (tertiary/aromatic N) is 2. The maximum Gasteiger partial charge on any atom is 0.219 e. The van der Waals surface area contributed by atoms with Crippen LogP contribution < -0.4 is 10.1 Å². The zero-order valence-electron chi connectivity index (χ0n) is 10.9. The molecule has 2 aromatic rings. The quantitative estimate of drug-likeness (QED) is 0.915. The topological polar surface area (TPSA) is 47.0 Å². The van der Waals surface area contributed by atoms with E-state index in [2.05, 4.69) is 45.1 Å². The number of ether oxygens (including phenoxy) is 1. The first-order chi connectivity index (χ1) is 9.13. The van der Waals surface area contributed by atoms with Crippen molar-refractivity contribution in [3.8, 4) is 11.6 Å². The van der Waals surface area contributed by atoms with E-state index in [4.69, 9.17) is 4.74 Å². The van der Waals surface area contributed by atoms with Crippen molar-refractivity contribution >= 4 is 15.9 Å². The molecule has 4 nitrogen and oxygen atoms in total. The Morgan fingerprint density at radius 3 is 2.89 bits per heavy atom. The molecule has 2 rings (SSSR count). The van der Waals surface area contributed by atoms with Crippen LogP contribution >= 0.6 is 15.9 Å². The van der Waals surface area contributed by atoms with Gasteiger partial charge in [0.2, 0.25) is 5.88 Å². The Morgan fingerprint density at radius 2 is 2.16 bits per heavy atom. The van der Waals surface area contributed by atoms with Crippen LogP contribution in [0.5, 0.6) is 11.6 Å². The fraction of sp³-hybridized carbons (Fsp3) is 0.286. The maximum absolute atomic E-state index is 5.68. The van der Waals surface area contributed by atoms with Gasteiger partial charge in [0.15, 0.2) is 0 Å². The minimum atomic E-state index is 0.451. The molecule has 0 spiro atoms. The van der Waals surface area contributed by atoms with Gasteiger partial charge in [-0.2, -0.15) is 0 Å². The van der Waals surface area contributed by atoms with Gasteiger partial charge < -0.3 is 10.1 Å². The van der Waals surface area contributed by atoms with E-state index >= 15 is 0 Å². The number of hydrogen-bond donors (Lipinski definition) is 1. The second-order valence-electron chi connectivity index (χ2n) is 4.48. The lowest BCUT2D eigenvalue weighted by atomic mass is 10.2. The van der Waals surface area contributed by atoms with Crippen LogP contribution in [0.3, 0.4) is 0 Å². The van der Waals surface area contributed by atoms with Crippen LogP contribution in [-0.2, 0) is 6.54 Å². The molecule has 0 amide bonds. The van der Waals surface area contributed by atoms with E-state index in [-0.39, 0.29) is 0 Å². The van der Waals surface area contributed by atoms with Crippen LogP contribution in [-0.4, -0.2) is 16.0 Å². The lowest BCUT2D eigenvalue weighted by molar-refractivity contribution is 0.458. The average molecular weight is 322 g/mol. The van der Waals surface area contributed by atoms with Gasteiger partial charge >= 0.3 is 0 Å². The molecule has 0 aromatic carbocycles. The summed E-state index contributed by atoms with van der Waals surface area (Å²) in [5.41, 5.74) is 1.14. The molecule has 5 heteroatoms. The highest BCUT2D eigenvalue weighted by Crippen LogP contribution is 2.22. The summed E-state index contributed by atoms with van der Waals surface area (Å²) in [6.07, 6.45) is 5.12. The van der Waals surface area contributed by atoms with Gasteiger partial charge in [0, 0.05) is 35.5 Å². The largest absolute Gasteiger partial charge is 0.437 e. The van der Waals surface area contributed by atoms with Gasteiger partial charge in [-0.1, -0.05) is 13.8 Å². The number of rotatable bonds is 5. The Hall–Kier alpha value is -1.46. The highest BCUT2D eigenvalue weighted by molar-refractivity contribution is 9.10. The van der Waals surface area contributed by atoms with Gasteiger partial charge in [-0.15, -0.1) is 0 Å². The standard InChI is InChI=1S/C14H16BrN3O/c1-10(2)18-7-11-3-4-17-14(5-11)19-13-6-12(15)8-16-9-13/h3-6,8-10,18H,7H2,1-2H3. The van der Waals surface area contributed by atoms with Gasteiger partial charge in [-0.25, -0.2) is 4.98 Å². The summed E-state index contributed by atoms with van der Waals surface area (Å²) >= 11 is 3.36. The summed E-state index contributed by atoms with van der Waals surface area (Å²) in [5.74, 6) is 1.23. The van der Waals surface area contributed by atoms with Crippen LogP contribution in [0.1, 0.15) is 19.4 Å². The first kappa shape index (κ1) is 14.0. The van der Waals surface area contributed by atoms with E-state index in [1.807, 2.05) is 18.2 Å². The molecule has 2 aromatic heterocycles. The minimum Gasteiger partial charge on any atom is -0.437 e. The van der Waals surface area contributed by atoms with E-state index in [9.17, 15) is 0 Å². The molecular weight excluding hydrogens is 306 g/mol. The SMILES string of the molecule is CC(C)NCc1ccnc(Oc2cncc(Br)c2)c1. The summed E-state index contributed by atoms with van der Waals surface area (Å²) in [6.45, 7) is 5.03. The van der Waals surface area contributed by atoms with Crippen molar-refractivity contribution in [2.24, 2.45) is 0 Å². The summed E-state index contributed by atoms with van der Waals surface area (Å²) in [5, 5.41) is 3.36. The van der Waals surface area contributed by atoms with Gasteiger partial charge in [-0.3, -0.25) is 4.98 Å². The average Bonchev–Trinajstić information content (AvgIpc) is 2.37. The third kappa shape index (κ3) is 4.61. The fourth-order valence-corrected chi connectivity index (χ4v) is 1.85. The Balaban J connectivity index is 2.06. The summed E-state index contributed by atoms with van der Waals surface area (Å²) in [6, 6.07) is 6.21. The molecule has 0 radical (unpaired) electrons. The molecule has 0 aliphatic carbocycles. The van der Waals surface area contributed by atoms with Crippen LogP contribution in [0.4, 0.5) is 0 Å². The van der Waals surface area contributed by atoms with Crippen molar-refractivity contribution in [1.82, 2.24) is 15.3 Å². The summed E-state index contributed by atoms with van der Waals surface area (Å²) in [7, 11) is 0. The Morgan fingerprint density at radius 1 is 1.32 bits per heavy atom. The van der Waals surface area contributed by atoms with Crippen molar-refractivity contribution in [3.63, 3.8) is 0 Å². The molecule has 0 unspecified atom stereocenters. The monoisotopic (exact) mass is 321 g/mol. The molecule has 0 aliphatic rings. The van der Waals surface area contributed by atoms with Gasteiger partial charge in [0.1, 0.15) is 5.75 Å². The molecular formula is C14H16BrN3O. The second-order valence-corrected chi connectivity index (χ2v) is 5.39. The number of aromatic nitrogens is 2. The molecule has 100 valence electrons. The van der Waals surface area contributed by atoms with Crippen LogP contribution in [0.15, 0.2) is 41.3 Å². The molecule has 19 heavy (non-hydrogen) atoms. The molecule has 0 bridgehead atoms. The maximum atomic E-state index is 5.68. The zero-order valence-corrected chi connectivity index (χ0v) is 12.5. The van der Waals surface area contributed by atoms with Crippen molar-refractivity contribution in [2.45, 2.75) is 26.4 Å². The van der Waals surface area contributed by atoms with Crippen molar-refractivity contribution in [2.75, 3.05) is 0 Å². The predicted octanol–water partition coefficient (Wildman–Crippen LogP) is 3.53. The smallest absolute Gasteiger partial charge is 0.219 e. The first-order valence-corrected chi connectivity index (χ1v) is 6.89. The predicted molar refractivity (Wildman–Crippen MR) is 78.2 cm³/mol. The molecule has 0 atom stereocenters. The van der Waals surface area contributed by atoms with E-state index in [0.717, 1.165) is 16.6 Å². The number of pyridine rings is 2. The van der Waals surface area contributed by atoms with Gasteiger partial charge in [0.05, 0.1) is 6.20 Å². The lowest BCUT2D eigenvalue weighted by Crippen LogP contribution is -2.21. The van der Waals surface area contributed by atoms with Crippen LogP contribution in [0.2, 0.25) is 0 Å². The molecule has 1 N–H and O–H groups in total.